The molecule has 0 saturated carbocycles. The molecule has 2 aliphatic rings. The summed E-state index contributed by atoms with van der Waals surface area (Å²) in [6, 6.07) is 1.82. The Kier molecular flexibility index (Phi) is 5.07. The first-order chi connectivity index (χ1) is 12.8. The second-order valence-electron chi connectivity index (χ2n) is 6.29. The van der Waals surface area contributed by atoms with Crippen LogP contribution in [0.4, 0.5) is 5.82 Å². The molecular formula is C17H21N5O4. The molecule has 2 fully saturated rings. The van der Waals surface area contributed by atoms with Crippen molar-refractivity contribution in [2.24, 2.45) is 0 Å². The topological polar surface area (TPSA) is 103 Å². The summed E-state index contributed by atoms with van der Waals surface area (Å²) in [6.45, 7) is 2.79. The minimum atomic E-state index is -0.357. The number of hydrogen-bond donors (Lipinski definition) is 1. The van der Waals surface area contributed by atoms with Crippen LogP contribution in [0.2, 0.25) is 0 Å². The Balaban J connectivity index is 1.52. The summed E-state index contributed by atoms with van der Waals surface area (Å²) in [4.78, 5) is 27.3. The maximum Gasteiger partial charge on any atom is 0.276 e. The van der Waals surface area contributed by atoms with Crippen molar-refractivity contribution in [2.75, 3.05) is 38.3 Å². The fraction of sp³-hybridized carbons (Fsp3) is 0.529. The molecule has 2 aromatic rings. The second-order valence-corrected chi connectivity index (χ2v) is 6.29. The normalized spacial score (nSPS) is 21.5. The predicted molar refractivity (Wildman–Crippen MR) is 90.6 cm³/mol. The molecule has 0 radical (unpaired) electrons. The van der Waals surface area contributed by atoms with E-state index in [0.717, 1.165) is 31.9 Å². The van der Waals surface area contributed by atoms with Crippen LogP contribution in [0.15, 0.2) is 29.3 Å². The molecule has 2 aliphatic heterocycles. The van der Waals surface area contributed by atoms with Gasteiger partial charge in [0, 0.05) is 32.0 Å². The zero-order valence-corrected chi connectivity index (χ0v) is 14.3. The van der Waals surface area contributed by atoms with E-state index in [1.807, 2.05) is 6.07 Å². The number of morpholine rings is 1. The molecule has 0 bridgehead atoms. The average molecular weight is 359 g/mol. The van der Waals surface area contributed by atoms with Crippen molar-refractivity contribution < 1.29 is 18.7 Å². The lowest BCUT2D eigenvalue weighted by molar-refractivity contribution is -0.00550. The van der Waals surface area contributed by atoms with Gasteiger partial charge in [0.2, 0.25) is 0 Å². The molecule has 4 rings (SSSR count). The lowest BCUT2D eigenvalue weighted by Crippen LogP contribution is -2.44. The van der Waals surface area contributed by atoms with Crippen molar-refractivity contribution in [3.05, 3.63) is 36.4 Å². The van der Waals surface area contributed by atoms with E-state index in [2.05, 4.69) is 20.3 Å². The first kappa shape index (κ1) is 16.9. The molecule has 9 heteroatoms. The summed E-state index contributed by atoms with van der Waals surface area (Å²) in [6.07, 6.45) is 6.19. The third-order valence-electron chi connectivity index (χ3n) is 4.59. The van der Waals surface area contributed by atoms with Crippen LogP contribution in [0.25, 0.3) is 0 Å². The molecule has 1 N–H and O–H groups in total. The van der Waals surface area contributed by atoms with Gasteiger partial charge in [-0.05, 0) is 18.9 Å². The molecular weight excluding hydrogens is 338 g/mol. The van der Waals surface area contributed by atoms with Crippen LogP contribution in [-0.2, 0) is 9.47 Å². The minimum absolute atomic E-state index is 0.210. The third-order valence-corrected chi connectivity index (χ3v) is 4.59. The van der Waals surface area contributed by atoms with Crippen LogP contribution in [0, 0.1) is 0 Å². The highest BCUT2D eigenvalue weighted by atomic mass is 16.5. The summed E-state index contributed by atoms with van der Waals surface area (Å²) >= 11 is 0. The molecule has 2 aromatic heterocycles. The van der Waals surface area contributed by atoms with Crippen molar-refractivity contribution in [3.8, 4) is 0 Å². The van der Waals surface area contributed by atoms with E-state index in [9.17, 15) is 4.79 Å². The maximum atomic E-state index is 12.7. The molecule has 1 amide bonds. The van der Waals surface area contributed by atoms with Gasteiger partial charge in [0.25, 0.3) is 5.91 Å². The van der Waals surface area contributed by atoms with E-state index in [1.165, 1.54) is 12.7 Å². The standard InChI is InChI=1S/C17H21N5O4/c23-17(13-9-26-11-19-13)22-5-8-25-10-14(22)16-18-4-1-15(21-16)20-12-2-6-24-7-3-12/h1,4,9,11-12,14H,2-3,5-8,10H2,(H,18,20,21)/t14-/m0/s1. The Labute approximate surface area is 150 Å². The van der Waals surface area contributed by atoms with Crippen molar-refractivity contribution in [2.45, 2.75) is 24.9 Å². The minimum Gasteiger partial charge on any atom is -0.451 e. The summed E-state index contributed by atoms with van der Waals surface area (Å²) < 4.78 is 15.9. The van der Waals surface area contributed by atoms with Gasteiger partial charge in [-0.1, -0.05) is 0 Å². The van der Waals surface area contributed by atoms with Gasteiger partial charge in [0.1, 0.15) is 18.1 Å². The van der Waals surface area contributed by atoms with Crippen LogP contribution in [0.3, 0.4) is 0 Å². The van der Waals surface area contributed by atoms with Crippen LogP contribution in [-0.4, -0.2) is 64.8 Å². The smallest absolute Gasteiger partial charge is 0.276 e. The van der Waals surface area contributed by atoms with Crippen LogP contribution in [0.1, 0.15) is 35.2 Å². The molecule has 0 unspecified atom stereocenters. The number of rotatable bonds is 4. The molecule has 0 aliphatic carbocycles. The molecule has 2 saturated heterocycles. The number of nitrogens with one attached hydrogen (secondary N) is 1. The van der Waals surface area contributed by atoms with Crippen molar-refractivity contribution >= 4 is 11.7 Å². The number of aromatic nitrogens is 3. The predicted octanol–water partition coefficient (Wildman–Crippen LogP) is 1.27. The number of ether oxygens (including phenoxy) is 2. The fourth-order valence-electron chi connectivity index (χ4n) is 3.19. The van der Waals surface area contributed by atoms with Crippen LogP contribution in [0.5, 0.6) is 0 Å². The molecule has 0 spiro atoms. The van der Waals surface area contributed by atoms with Gasteiger partial charge in [-0.3, -0.25) is 4.79 Å². The van der Waals surface area contributed by atoms with Gasteiger partial charge in [-0.2, -0.15) is 0 Å². The SMILES string of the molecule is O=C(c1cocn1)N1CCOC[C@H]1c1nccc(NC2CCOCC2)n1. The summed E-state index contributed by atoms with van der Waals surface area (Å²) in [7, 11) is 0. The number of oxazole rings is 1. The van der Waals surface area contributed by atoms with Gasteiger partial charge < -0.3 is 24.1 Å². The zero-order valence-electron chi connectivity index (χ0n) is 14.3. The third kappa shape index (κ3) is 3.68. The van der Waals surface area contributed by atoms with Gasteiger partial charge in [-0.25, -0.2) is 15.0 Å². The Morgan fingerprint density at radius 1 is 1.19 bits per heavy atom. The Morgan fingerprint density at radius 2 is 2.08 bits per heavy atom. The van der Waals surface area contributed by atoms with E-state index in [1.54, 1.807) is 11.1 Å². The molecule has 0 aromatic carbocycles. The lowest BCUT2D eigenvalue weighted by atomic mass is 10.1. The van der Waals surface area contributed by atoms with Crippen LogP contribution < -0.4 is 5.32 Å². The molecule has 138 valence electrons. The van der Waals surface area contributed by atoms with E-state index >= 15 is 0 Å². The van der Waals surface area contributed by atoms with Gasteiger partial charge in [0.15, 0.2) is 17.9 Å². The highest BCUT2D eigenvalue weighted by molar-refractivity contribution is 5.92. The average Bonchev–Trinajstić information content (AvgIpc) is 3.23. The fourth-order valence-corrected chi connectivity index (χ4v) is 3.19. The van der Waals surface area contributed by atoms with Gasteiger partial charge in [-0.15, -0.1) is 0 Å². The van der Waals surface area contributed by atoms with Crippen LogP contribution >= 0.6 is 0 Å². The van der Waals surface area contributed by atoms with E-state index in [4.69, 9.17) is 13.9 Å². The molecule has 4 heterocycles. The number of anilines is 1. The number of amides is 1. The highest BCUT2D eigenvalue weighted by Gasteiger charge is 2.32. The van der Waals surface area contributed by atoms with Crippen molar-refractivity contribution in [3.63, 3.8) is 0 Å². The lowest BCUT2D eigenvalue weighted by Gasteiger charge is -2.34. The Bertz CT molecular complexity index is 733. The molecule has 1 atom stereocenters. The first-order valence-electron chi connectivity index (χ1n) is 8.75. The molecule has 26 heavy (non-hydrogen) atoms. The maximum absolute atomic E-state index is 12.7. The Hall–Kier alpha value is -2.52. The molecule has 9 nitrogen and oxygen atoms in total. The summed E-state index contributed by atoms with van der Waals surface area (Å²) in [5.41, 5.74) is 0.272. The number of nitrogens with zero attached hydrogens (tertiary/aromatic N) is 4. The second kappa shape index (κ2) is 7.79. The number of carbonyl (C=O) groups excluding carboxylic acids is 1. The first-order valence-corrected chi connectivity index (χ1v) is 8.75. The zero-order chi connectivity index (χ0) is 17.8. The summed E-state index contributed by atoms with van der Waals surface area (Å²) in [5, 5.41) is 3.43. The monoisotopic (exact) mass is 359 g/mol. The number of hydrogen-bond acceptors (Lipinski definition) is 8. The van der Waals surface area contributed by atoms with Crippen molar-refractivity contribution in [1.82, 2.24) is 19.9 Å². The van der Waals surface area contributed by atoms with E-state index in [0.29, 0.717) is 31.6 Å². The van der Waals surface area contributed by atoms with Crippen molar-refractivity contribution in [1.29, 1.82) is 0 Å². The highest BCUT2D eigenvalue weighted by Crippen LogP contribution is 2.24. The number of carbonyl (C=O) groups is 1. The largest absolute Gasteiger partial charge is 0.451 e. The Morgan fingerprint density at radius 3 is 2.88 bits per heavy atom. The van der Waals surface area contributed by atoms with Gasteiger partial charge in [0.05, 0.1) is 13.2 Å². The van der Waals surface area contributed by atoms with E-state index < -0.39 is 0 Å². The van der Waals surface area contributed by atoms with Gasteiger partial charge >= 0.3 is 0 Å². The summed E-state index contributed by atoms with van der Waals surface area (Å²) in [5.74, 6) is 1.10. The van der Waals surface area contributed by atoms with E-state index in [-0.39, 0.29) is 17.6 Å². The quantitative estimate of drug-likeness (QED) is 0.871.